The number of aliphatic hydroxyl groups excluding tert-OH is 3. The molecule has 6 rings (SSSR count). The van der Waals surface area contributed by atoms with Gasteiger partial charge in [0.1, 0.15) is 23.4 Å². The molecule has 17 nitrogen and oxygen atoms in total. The number of hydrogen-bond donors (Lipinski definition) is 4. The minimum Gasteiger partial charge on any atom is -0.457 e. The Labute approximate surface area is 342 Å². The van der Waals surface area contributed by atoms with Gasteiger partial charge < -0.3 is 48.8 Å². The van der Waals surface area contributed by atoms with Gasteiger partial charge in [0, 0.05) is 30.1 Å². The first-order valence-electron chi connectivity index (χ1n) is 19.8. The van der Waals surface area contributed by atoms with Gasteiger partial charge in [-0.25, -0.2) is 19.2 Å². The monoisotopic (exact) mass is 831 g/mol. The largest absolute Gasteiger partial charge is 0.508 e. The predicted molar refractivity (Wildman–Crippen MR) is 202 cm³/mol. The van der Waals surface area contributed by atoms with E-state index in [1.165, 1.54) is 53.7 Å². The summed E-state index contributed by atoms with van der Waals surface area (Å²) in [6.45, 7) is 14.7. The molecule has 326 valence electrons. The van der Waals surface area contributed by atoms with E-state index >= 15 is 4.79 Å². The van der Waals surface area contributed by atoms with Crippen LogP contribution in [0.3, 0.4) is 0 Å². The summed E-state index contributed by atoms with van der Waals surface area (Å²) in [5.41, 5.74) is -12.6. The second-order valence-electron chi connectivity index (χ2n) is 19.5. The molecule has 0 aromatic heterocycles. The lowest BCUT2D eigenvalue weighted by Crippen LogP contribution is -2.83. The maximum absolute atomic E-state index is 15.0. The number of benzene rings is 1. The summed E-state index contributed by atoms with van der Waals surface area (Å²) in [5.74, 6) is -8.64. The van der Waals surface area contributed by atoms with Crippen LogP contribution in [0.15, 0.2) is 30.3 Å². The third-order valence-electron chi connectivity index (χ3n) is 14.3. The summed E-state index contributed by atoms with van der Waals surface area (Å²) in [6, 6.07) is 6.31. The standard InChI is InChI=1S/C42H57NO16/c1-20-24-25(45)29(47)40(10)22(44)17-23-41(19-55-23,59-35(52)54-11)27(40)30(56-31(48)21-15-13-12-14-16-21)42(53,37(24,5)6)18-39(20,9)57-32(49)26(46)28(36(2,3)4)43-33(50)38(7,8)58-34(43)51/h12-16,20,22-24,26-28,30,33,44,46,50,53H,17-19H2,1-11H3/t20?,22?,23-,24?,26-,27?,28-,30+,33?,39-,40-,41+,42-/m1/s1. The van der Waals surface area contributed by atoms with Crippen molar-refractivity contribution in [2.45, 2.75) is 141 Å². The van der Waals surface area contributed by atoms with Gasteiger partial charge in [-0.2, -0.15) is 0 Å². The van der Waals surface area contributed by atoms with Gasteiger partial charge in [-0.1, -0.05) is 59.7 Å². The topological polar surface area (TPSA) is 242 Å². The molecule has 2 heterocycles. The van der Waals surface area contributed by atoms with Crippen LogP contribution in [0.25, 0.3) is 0 Å². The Bertz CT molecular complexity index is 1910. The lowest BCUT2D eigenvalue weighted by Gasteiger charge is -2.68. The van der Waals surface area contributed by atoms with Crippen molar-refractivity contribution in [1.29, 1.82) is 0 Å². The van der Waals surface area contributed by atoms with E-state index in [9.17, 15) is 44.4 Å². The second kappa shape index (κ2) is 14.2. The summed E-state index contributed by atoms with van der Waals surface area (Å²) in [4.78, 5) is 85.6. The van der Waals surface area contributed by atoms with Gasteiger partial charge in [-0.05, 0) is 45.2 Å². The fourth-order valence-corrected chi connectivity index (χ4v) is 10.7. The SMILES string of the molecule is COC(=O)O[C@@]12CO[C@@H]1CC(O)[C@@]1(C)C(=O)C(=O)C3C(C)[C@](C)(OC(=O)[C@H](O)[C@@H](N4C(=O)OC(C)(C)C4O)C(C)(C)C)C[C@@](O)([C@@H](OC(=O)c4ccccc4)C12)C3(C)C. The number of hydrogen-bond acceptors (Lipinski definition) is 16. The maximum Gasteiger partial charge on any atom is 0.508 e. The van der Waals surface area contributed by atoms with E-state index < -0.39 is 142 Å². The molecule has 2 saturated heterocycles. The molecule has 3 aliphatic carbocycles. The Balaban J connectivity index is 1.53. The zero-order valence-corrected chi connectivity index (χ0v) is 35.3. The summed E-state index contributed by atoms with van der Waals surface area (Å²) in [5, 5.41) is 48.4. The molecule has 5 unspecified atom stereocenters. The zero-order chi connectivity index (χ0) is 44.2. The van der Waals surface area contributed by atoms with Crippen LogP contribution in [-0.2, 0) is 42.8 Å². The first kappa shape index (κ1) is 44.4. The van der Waals surface area contributed by atoms with Crippen LogP contribution < -0.4 is 0 Å². The van der Waals surface area contributed by atoms with Crippen LogP contribution in [0.4, 0.5) is 9.59 Å². The van der Waals surface area contributed by atoms with Crippen LogP contribution in [0.1, 0.15) is 92.4 Å². The van der Waals surface area contributed by atoms with Gasteiger partial charge in [0.2, 0.25) is 11.6 Å². The van der Waals surface area contributed by atoms with E-state index in [1.807, 2.05) is 0 Å². The van der Waals surface area contributed by atoms with Crippen molar-refractivity contribution >= 4 is 35.8 Å². The van der Waals surface area contributed by atoms with Crippen LogP contribution in [-0.4, -0.2) is 134 Å². The first-order valence-corrected chi connectivity index (χ1v) is 19.8. The third kappa shape index (κ3) is 6.44. The fraction of sp³-hybridized carbons (Fsp3) is 0.714. The summed E-state index contributed by atoms with van der Waals surface area (Å²) >= 11 is 0. The highest BCUT2D eigenvalue weighted by Gasteiger charge is 2.80. The van der Waals surface area contributed by atoms with Crippen molar-refractivity contribution in [3.05, 3.63) is 35.9 Å². The lowest BCUT2D eigenvalue weighted by atomic mass is 9.41. The third-order valence-corrected chi connectivity index (χ3v) is 14.3. The van der Waals surface area contributed by atoms with Crippen LogP contribution in [0.2, 0.25) is 0 Å². The van der Waals surface area contributed by atoms with Crippen molar-refractivity contribution in [3.63, 3.8) is 0 Å². The van der Waals surface area contributed by atoms with Gasteiger partial charge in [0.05, 0.1) is 42.8 Å². The Morgan fingerprint density at radius 2 is 1.58 bits per heavy atom. The van der Waals surface area contributed by atoms with Gasteiger partial charge in [0.25, 0.3) is 0 Å². The van der Waals surface area contributed by atoms with Gasteiger partial charge in [0.15, 0.2) is 23.5 Å². The van der Waals surface area contributed by atoms with Crippen molar-refractivity contribution in [1.82, 2.24) is 4.90 Å². The maximum atomic E-state index is 15.0. The van der Waals surface area contributed by atoms with E-state index in [1.54, 1.807) is 45.9 Å². The molecule has 1 aromatic rings. The van der Waals surface area contributed by atoms with Crippen molar-refractivity contribution in [3.8, 4) is 0 Å². The van der Waals surface area contributed by atoms with Crippen molar-refractivity contribution in [2.75, 3.05) is 13.7 Å². The summed E-state index contributed by atoms with van der Waals surface area (Å²) < 4.78 is 34.5. The molecule has 2 bridgehead atoms. The molecule has 13 atom stereocenters. The van der Waals surface area contributed by atoms with E-state index in [0.717, 1.165) is 12.0 Å². The van der Waals surface area contributed by atoms with E-state index in [2.05, 4.69) is 0 Å². The number of ether oxygens (including phenoxy) is 6. The number of esters is 2. The number of ketones is 2. The molecule has 59 heavy (non-hydrogen) atoms. The number of carbonyl (C=O) groups excluding carboxylic acids is 6. The minimum atomic E-state index is -2.46. The summed E-state index contributed by atoms with van der Waals surface area (Å²) in [6.07, 6.45) is -11.4. The summed E-state index contributed by atoms with van der Waals surface area (Å²) in [7, 11) is 1.06. The van der Waals surface area contributed by atoms with Gasteiger partial charge >= 0.3 is 24.2 Å². The number of methoxy groups -OCH3 is 1. The van der Waals surface area contributed by atoms with Gasteiger partial charge in [-0.15, -0.1) is 0 Å². The average molecular weight is 832 g/mol. The molecule has 1 aromatic carbocycles. The Morgan fingerprint density at radius 1 is 0.966 bits per heavy atom. The Morgan fingerprint density at radius 3 is 2.08 bits per heavy atom. The number of aliphatic hydroxyl groups is 4. The molecular weight excluding hydrogens is 774 g/mol. The number of rotatable bonds is 7. The van der Waals surface area contributed by atoms with E-state index in [-0.39, 0.29) is 12.0 Å². The molecule has 5 aliphatic rings. The number of Topliss-reactive ketones (excluding diaryl/α,β-unsaturated/α-hetero) is 2. The average Bonchev–Trinajstić information content (AvgIpc) is 3.34. The van der Waals surface area contributed by atoms with E-state index in [0.29, 0.717) is 0 Å². The fourth-order valence-electron chi connectivity index (χ4n) is 10.7. The zero-order valence-electron chi connectivity index (χ0n) is 35.3. The van der Waals surface area contributed by atoms with Crippen LogP contribution in [0, 0.1) is 34.0 Å². The number of cyclic esters (lactones) is 1. The Hall–Kier alpha value is -4.16. The molecule has 1 amide bonds. The minimum absolute atomic E-state index is 0.0397. The second-order valence-corrected chi connectivity index (χ2v) is 19.5. The molecule has 5 fully saturated rings. The normalized spacial score (nSPS) is 39.5. The number of carbonyl (C=O) groups is 6. The van der Waals surface area contributed by atoms with Gasteiger partial charge in [-0.3, -0.25) is 14.5 Å². The highest BCUT2D eigenvalue weighted by molar-refractivity contribution is 6.40. The highest BCUT2D eigenvalue weighted by atomic mass is 16.8. The molecular formula is C42H57NO16. The highest BCUT2D eigenvalue weighted by Crippen LogP contribution is 2.66. The lowest BCUT2D eigenvalue weighted by molar-refractivity contribution is -0.351. The van der Waals surface area contributed by atoms with Crippen LogP contribution >= 0.6 is 0 Å². The Kier molecular flexibility index (Phi) is 10.7. The molecule has 0 radical (unpaired) electrons. The molecule has 4 N–H and O–H groups in total. The number of nitrogens with zero attached hydrogens (tertiary/aromatic N) is 1. The first-order chi connectivity index (χ1) is 27.1. The number of fused-ring (bicyclic) bond motifs is 5. The predicted octanol–water partition coefficient (Wildman–Crippen LogP) is 2.71. The van der Waals surface area contributed by atoms with Crippen molar-refractivity contribution < 1.29 is 77.6 Å². The van der Waals surface area contributed by atoms with E-state index in [4.69, 9.17) is 28.4 Å². The quantitative estimate of drug-likeness (QED) is 0.175. The number of amides is 1. The molecule has 17 heteroatoms. The smallest absolute Gasteiger partial charge is 0.457 e. The molecule has 2 aliphatic heterocycles. The molecule has 0 spiro atoms. The van der Waals surface area contributed by atoms with Crippen LogP contribution in [0.5, 0.6) is 0 Å². The van der Waals surface area contributed by atoms with Crippen molar-refractivity contribution in [2.24, 2.45) is 34.0 Å². The molecule has 3 saturated carbocycles.